The Balaban J connectivity index is 2.11. The maximum atomic E-state index is 11.3. The third kappa shape index (κ3) is 4.26. The molecule has 0 saturated heterocycles. The summed E-state index contributed by atoms with van der Waals surface area (Å²) in [6.45, 7) is 0. The second kappa shape index (κ2) is 7.87. The molecular weight excluding hydrogens is 298 g/mol. The van der Waals surface area contributed by atoms with Crippen molar-refractivity contribution in [2.45, 2.75) is 17.0 Å². The number of aliphatic carboxylic acids is 1. The number of methoxy groups -OCH3 is 1. The van der Waals surface area contributed by atoms with Gasteiger partial charge in [-0.3, -0.25) is 4.79 Å². The summed E-state index contributed by atoms with van der Waals surface area (Å²) < 4.78 is 5.13. The highest BCUT2D eigenvalue weighted by atomic mass is 32.2. The van der Waals surface area contributed by atoms with Crippen LogP contribution < -0.4 is 10.5 Å². The van der Waals surface area contributed by atoms with Gasteiger partial charge in [-0.25, -0.2) is 0 Å². The number of ether oxygens (including phenoxy) is 1. The monoisotopic (exact) mass is 317 g/mol. The first-order valence-corrected chi connectivity index (χ1v) is 7.94. The predicted molar refractivity (Wildman–Crippen MR) is 89.1 cm³/mol. The molecule has 0 amide bonds. The average Bonchev–Trinajstić information content (AvgIpc) is 2.56. The van der Waals surface area contributed by atoms with Crippen molar-refractivity contribution in [3.05, 3.63) is 65.7 Å². The largest absolute Gasteiger partial charge is 0.497 e. The van der Waals surface area contributed by atoms with Gasteiger partial charge in [-0.1, -0.05) is 42.5 Å². The van der Waals surface area contributed by atoms with Gasteiger partial charge >= 0.3 is 5.97 Å². The molecule has 5 heteroatoms. The van der Waals surface area contributed by atoms with Gasteiger partial charge in [0.25, 0.3) is 0 Å². The summed E-state index contributed by atoms with van der Waals surface area (Å²) in [5.74, 6) is 0.497. The van der Waals surface area contributed by atoms with Gasteiger partial charge in [0.15, 0.2) is 0 Å². The number of carbonyl (C=O) groups is 1. The molecule has 116 valence electrons. The fraction of sp³-hybridized carbons (Fsp3) is 0.235. The van der Waals surface area contributed by atoms with Gasteiger partial charge in [-0.05, 0) is 23.3 Å². The molecular formula is C17H19NO3S. The maximum Gasteiger partial charge on any atom is 0.321 e. The first-order chi connectivity index (χ1) is 10.6. The van der Waals surface area contributed by atoms with Crippen LogP contribution in [0.4, 0.5) is 0 Å². The number of nitrogens with two attached hydrogens (primary N) is 1. The molecule has 2 aromatic carbocycles. The molecule has 0 spiro atoms. The Hall–Kier alpha value is -1.98. The number of hydrogen-bond donors (Lipinski definition) is 2. The van der Waals surface area contributed by atoms with Crippen LogP contribution in [0.15, 0.2) is 54.6 Å². The second-order valence-electron chi connectivity index (χ2n) is 4.85. The van der Waals surface area contributed by atoms with E-state index < -0.39 is 12.0 Å². The Kier molecular flexibility index (Phi) is 5.86. The molecule has 22 heavy (non-hydrogen) atoms. The third-order valence-electron chi connectivity index (χ3n) is 3.33. The Morgan fingerprint density at radius 2 is 1.82 bits per heavy atom. The van der Waals surface area contributed by atoms with E-state index in [2.05, 4.69) is 0 Å². The van der Waals surface area contributed by atoms with Gasteiger partial charge < -0.3 is 15.6 Å². The molecule has 2 rings (SSSR count). The van der Waals surface area contributed by atoms with E-state index in [0.717, 1.165) is 16.9 Å². The molecule has 1 unspecified atom stereocenters. The summed E-state index contributed by atoms with van der Waals surface area (Å²) in [5, 5.41) is 8.93. The molecule has 0 aromatic heterocycles. The number of carboxylic acid groups (broad SMARTS) is 1. The summed E-state index contributed by atoms with van der Waals surface area (Å²) in [7, 11) is 1.63. The van der Waals surface area contributed by atoms with Crippen LogP contribution in [0.5, 0.6) is 5.75 Å². The lowest BCUT2D eigenvalue weighted by Crippen LogP contribution is -2.35. The summed E-state index contributed by atoms with van der Waals surface area (Å²) >= 11 is 1.53. The molecule has 0 aliphatic carbocycles. The van der Waals surface area contributed by atoms with Crippen LogP contribution in [-0.4, -0.2) is 24.2 Å². The minimum Gasteiger partial charge on any atom is -0.497 e. The number of benzene rings is 2. The van der Waals surface area contributed by atoms with E-state index in [4.69, 9.17) is 10.5 Å². The number of rotatable bonds is 7. The highest BCUT2D eigenvalue weighted by molar-refractivity contribution is 7.98. The van der Waals surface area contributed by atoms with Crippen molar-refractivity contribution < 1.29 is 14.6 Å². The van der Waals surface area contributed by atoms with E-state index in [9.17, 15) is 9.90 Å². The zero-order valence-electron chi connectivity index (χ0n) is 12.3. The molecule has 2 aromatic rings. The topological polar surface area (TPSA) is 72.5 Å². The van der Waals surface area contributed by atoms with Crippen LogP contribution in [0, 0.1) is 0 Å². The standard InChI is InChI=1S/C17H19NO3S/c1-21-14-9-7-12(8-10-14)11-22-16(15(18)17(19)20)13-5-3-2-4-6-13/h2-10,15-16H,11,18H2,1H3,(H,19,20)/t15-,16?/m1/s1. The van der Waals surface area contributed by atoms with E-state index in [1.807, 2.05) is 54.6 Å². The summed E-state index contributed by atoms with van der Waals surface area (Å²) in [6, 6.07) is 16.3. The fourth-order valence-electron chi connectivity index (χ4n) is 2.09. The van der Waals surface area contributed by atoms with Crippen molar-refractivity contribution in [2.75, 3.05) is 7.11 Å². The molecule has 2 atom stereocenters. The average molecular weight is 317 g/mol. The van der Waals surface area contributed by atoms with Gasteiger partial charge in [0, 0.05) is 5.75 Å². The highest BCUT2D eigenvalue weighted by Crippen LogP contribution is 2.34. The normalized spacial score (nSPS) is 13.4. The Morgan fingerprint density at radius 1 is 1.18 bits per heavy atom. The van der Waals surface area contributed by atoms with Crippen molar-refractivity contribution in [2.24, 2.45) is 5.73 Å². The molecule has 0 aliphatic rings. The second-order valence-corrected chi connectivity index (χ2v) is 5.98. The first-order valence-electron chi connectivity index (χ1n) is 6.89. The van der Waals surface area contributed by atoms with Crippen molar-refractivity contribution >= 4 is 17.7 Å². The van der Waals surface area contributed by atoms with E-state index in [0.29, 0.717) is 5.75 Å². The van der Waals surface area contributed by atoms with Gasteiger partial charge in [0.05, 0.1) is 12.4 Å². The van der Waals surface area contributed by atoms with Gasteiger partial charge in [0.2, 0.25) is 0 Å². The lowest BCUT2D eigenvalue weighted by atomic mass is 10.1. The van der Waals surface area contributed by atoms with Crippen LogP contribution in [0.25, 0.3) is 0 Å². The SMILES string of the molecule is COc1ccc(CSC(c2ccccc2)[C@@H](N)C(=O)O)cc1. The highest BCUT2D eigenvalue weighted by Gasteiger charge is 2.26. The fourth-order valence-corrected chi connectivity index (χ4v) is 3.33. The minimum absolute atomic E-state index is 0.291. The van der Waals surface area contributed by atoms with Crippen molar-refractivity contribution in [3.63, 3.8) is 0 Å². The predicted octanol–water partition coefficient (Wildman–Crippen LogP) is 3.08. The van der Waals surface area contributed by atoms with Gasteiger partial charge in [-0.2, -0.15) is 0 Å². The van der Waals surface area contributed by atoms with Crippen LogP contribution in [0.3, 0.4) is 0 Å². The maximum absolute atomic E-state index is 11.3. The molecule has 0 bridgehead atoms. The lowest BCUT2D eigenvalue weighted by Gasteiger charge is -2.21. The van der Waals surface area contributed by atoms with E-state index in [1.54, 1.807) is 7.11 Å². The molecule has 0 heterocycles. The Morgan fingerprint density at radius 3 is 2.36 bits per heavy atom. The van der Waals surface area contributed by atoms with E-state index >= 15 is 0 Å². The van der Waals surface area contributed by atoms with Crippen molar-refractivity contribution in [1.29, 1.82) is 0 Å². The lowest BCUT2D eigenvalue weighted by molar-refractivity contribution is -0.138. The zero-order valence-corrected chi connectivity index (χ0v) is 13.1. The number of hydrogen-bond acceptors (Lipinski definition) is 4. The molecule has 0 saturated carbocycles. The molecule has 0 fully saturated rings. The molecule has 0 radical (unpaired) electrons. The molecule has 3 N–H and O–H groups in total. The van der Waals surface area contributed by atoms with Crippen LogP contribution in [0.2, 0.25) is 0 Å². The minimum atomic E-state index is -0.990. The van der Waals surface area contributed by atoms with Crippen molar-refractivity contribution in [3.8, 4) is 5.75 Å². The summed E-state index contributed by atoms with van der Waals surface area (Å²) in [6.07, 6.45) is 0. The third-order valence-corrected chi connectivity index (χ3v) is 4.75. The zero-order chi connectivity index (χ0) is 15.9. The Labute approximate surface area is 134 Å². The molecule has 4 nitrogen and oxygen atoms in total. The Bertz CT molecular complexity index is 601. The van der Waals surface area contributed by atoms with Crippen LogP contribution in [0.1, 0.15) is 16.4 Å². The van der Waals surface area contributed by atoms with Gasteiger partial charge in [0.1, 0.15) is 11.8 Å². The van der Waals surface area contributed by atoms with E-state index in [-0.39, 0.29) is 5.25 Å². The quantitative estimate of drug-likeness (QED) is 0.821. The van der Waals surface area contributed by atoms with Gasteiger partial charge in [-0.15, -0.1) is 11.8 Å². The van der Waals surface area contributed by atoms with E-state index in [1.165, 1.54) is 11.8 Å². The van der Waals surface area contributed by atoms with Crippen LogP contribution in [-0.2, 0) is 10.5 Å². The summed E-state index contributed by atoms with van der Waals surface area (Å²) in [5.41, 5.74) is 7.89. The van der Waals surface area contributed by atoms with Crippen molar-refractivity contribution in [1.82, 2.24) is 0 Å². The molecule has 0 aliphatic heterocycles. The van der Waals surface area contributed by atoms with Crippen LogP contribution >= 0.6 is 11.8 Å². The smallest absolute Gasteiger partial charge is 0.321 e. The first kappa shape index (κ1) is 16.4. The number of thioether (sulfide) groups is 1. The number of carboxylic acids is 1. The summed E-state index contributed by atoms with van der Waals surface area (Å²) in [4.78, 5) is 11.3.